The van der Waals surface area contributed by atoms with E-state index in [1.165, 1.54) is 12.8 Å². The number of aliphatic hydroxyl groups is 2. The van der Waals surface area contributed by atoms with E-state index >= 15 is 0 Å². The molecule has 0 aromatic rings. The highest BCUT2D eigenvalue weighted by Crippen LogP contribution is 2.40. The van der Waals surface area contributed by atoms with E-state index in [-0.39, 0.29) is 5.41 Å². The summed E-state index contributed by atoms with van der Waals surface area (Å²) in [4.78, 5) is 2.34. The Bertz CT molecular complexity index is 257. The standard InChI is InChI=1S/C14H27NO2/c1-12-3-5-14(11-16,6-4-12)10-15-8-7-13(2,17)9-15/h12,16-17H,3-11H2,1-2H3. The summed E-state index contributed by atoms with van der Waals surface area (Å²) in [5.74, 6) is 0.816. The summed E-state index contributed by atoms with van der Waals surface area (Å²) in [6, 6.07) is 0. The smallest absolute Gasteiger partial charge is 0.0758 e. The van der Waals surface area contributed by atoms with Gasteiger partial charge < -0.3 is 10.2 Å². The lowest BCUT2D eigenvalue weighted by Crippen LogP contribution is -2.43. The average molecular weight is 241 g/mol. The minimum Gasteiger partial charge on any atom is -0.396 e. The Morgan fingerprint density at radius 3 is 2.35 bits per heavy atom. The molecular weight excluding hydrogens is 214 g/mol. The molecule has 0 radical (unpaired) electrons. The van der Waals surface area contributed by atoms with Crippen molar-refractivity contribution in [2.24, 2.45) is 11.3 Å². The molecular formula is C14H27NO2. The molecule has 1 aliphatic heterocycles. The van der Waals surface area contributed by atoms with Gasteiger partial charge in [0.1, 0.15) is 0 Å². The van der Waals surface area contributed by atoms with E-state index in [4.69, 9.17) is 0 Å². The number of hydrogen-bond acceptors (Lipinski definition) is 3. The van der Waals surface area contributed by atoms with Gasteiger partial charge in [0, 0.05) is 31.7 Å². The van der Waals surface area contributed by atoms with Gasteiger partial charge in [0.15, 0.2) is 0 Å². The number of rotatable bonds is 3. The fraction of sp³-hybridized carbons (Fsp3) is 1.00. The van der Waals surface area contributed by atoms with Gasteiger partial charge in [-0.25, -0.2) is 0 Å². The fourth-order valence-electron chi connectivity index (χ4n) is 3.39. The van der Waals surface area contributed by atoms with E-state index in [9.17, 15) is 10.2 Å². The molecule has 2 rings (SSSR count). The molecule has 2 N–H and O–H groups in total. The molecule has 0 bridgehead atoms. The third-order valence-electron chi connectivity index (χ3n) is 4.76. The van der Waals surface area contributed by atoms with Crippen LogP contribution in [0.15, 0.2) is 0 Å². The molecule has 1 unspecified atom stereocenters. The zero-order valence-electron chi connectivity index (χ0n) is 11.3. The normalized spacial score (nSPS) is 44.1. The molecule has 2 aliphatic rings. The molecule has 3 nitrogen and oxygen atoms in total. The highest BCUT2D eigenvalue weighted by molar-refractivity contribution is 4.92. The van der Waals surface area contributed by atoms with Gasteiger partial charge in [0.05, 0.1) is 5.60 Å². The Kier molecular flexibility index (Phi) is 3.81. The van der Waals surface area contributed by atoms with Gasteiger partial charge in [-0.15, -0.1) is 0 Å². The molecule has 0 aromatic carbocycles. The minimum atomic E-state index is -0.515. The second kappa shape index (κ2) is 4.87. The lowest BCUT2D eigenvalue weighted by Gasteiger charge is -2.40. The summed E-state index contributed by atoms with van der Waals surface area (Å²) in [5, 5.41) is 19.7. The molecule has 3 heteroatoms. The molecule has 1 heterocycles. The summed E-state index contributed by atoms with van der Waals surface area (Å²) < 4.78 is 0. The van der Waals surface area contributed by atoms with E-state index in [1.807, 2.05) is 6.92 Å². The van der Waals surface area contributed by atoms with Crippen molar-refractivity contribution in [1.29, 1.82) is 0 Å². The Morgan fingerprint density at radius 1 is 1.24 bits per heavy atom. The second-order valence-electron chi connectivity index (χ2n) is 6.80. The Balaban J connectivity index is 1.91. The highest BCUT2D eigenvalue weighted by Gasteiger charge is 2.39. The van der Waals surface area contributed by atoms with E-state index < -0.39 is 5.60 Å². The predicted octanol–water partition coefficient (Wildman–Crippen LogP) is 1.63. The van der Waals surface area contributed by atoms with Gasteiger partial charge in [-0.3, -0.25) is 4.90 Å². The van der Waals surface area contributed by atoms with Crippen LogP contribution in [0.25, 0.3) is 0 Å². The lowest BCUT2D eigenvalue weighted by atomic mass is 9.71. The van der Waals surface area contributed by atoms with Crippen LogP contribution in [0.4, 0.5) is 0 Å². The van der Waals surface area contributed by atoms with Crippen molar-refractivity contribution in [1.82, 2.24) is 4.90 Å². The molecule has 17 heavy (non-hydrogen) atoms. The van der Waals surface area contributed by atoms with Gasteiger partial charge in [-0.1, -0.05) is 19.8 Å². The van der Waals surface area contributed by atoms with Gasteiger partial charge in [-0.2, -0.15) is 0 Å². The Morgan fingerprint density at radius 2 is 1.88 bits per heavy atom. The fourth-order valence-corrected chi connectivity index (χ4v) is 3.39. The summed E-state index contributed by atoms with van der Waals surface area (Å²) in [7, 11) is 0. The molecule has 1 aliphatic carbocycles. The van der Waals surface area contributed by atoms with Crippen molar-refractivity contribution < 1.29 is 10.2 Å². The SMILES string of the molecule is CC1CCC(CO)(CN2CCC(C)(O)C2)CC1. The van der Waals surface area contributed by atoms with Crippen molar-refractivity contribution >= 4 is 0 Å². The van der Waals surface area contributed by atoms with E-state index in [0.29, 0.717) is 6.61 Å². The van der Waals surface area contributed by atoms with E-state index in [0.717, 1.165) is 44.8 Å². The minimum absolute atomic E-state index is 0.104. The Hall–Kier alpha value is -0.120. The molecule has 100 valence electrons. The van der Waals surface area contributed by atoms with Gasteiger partial charge in [0.25, 0.3) is 0 Å². The maximum atomic E-state index is 9.99. The van der Waals surface area contributed by atoms with Crippen molar-refractivity contribution in [3.63, 3.8) is 0 Å². The van der Waals surface area contributed by atoms with Gasteiger partial charge in [0.2, 0.25) is 0 Å². The van der Waals surface area contributed by atoms with Crippen LogP contribution in [0.5, 0.6) is 0 Å². The highest BCUT2D eigenvalue weighted by atomic mass is 16.3. The number of β-amino-alcohol motifs (C(OH)–C–C–N with tert-alkyl or cyclic N) is 1. The van der Waals surface area contributed by atoms with Crippen LogP contribution in [0, 0.1) is 11.3 Å². The van der Waals surface area contributed by atoms with Crippen LogP contribution in [0.3, 0.4) is 0 Å². The number of aliphatic hydroxyl groups excluding tert-OH is 1. The quantitative estimate of drug-likeness (QED) is 0.789. The first-order valence-corrected chi connectivity index (χ1v) is 7.00. The molecule has 0 amide bonds. The topological polar surface area (TPSA) is 43.7 Å². The monoisotopic (exact) mass is 241 g/mol. The van der Waals surface area contributed by atoms with E-state index in [1.54, 1.807) is 0 Å². The van der Waals surface area contributed by atoms with Crippen LogP contribution in [-0.4, -0.2) is 47.0 Å². The number of nitrogens with zero attached hydrogens (tertiary/aromatic N) is 1. The Labute approximate surface area is 105 Å². The van der Waals surface area contributed by atoms with Crippen LogP contribution in [-0.2, 0) is 0 Å². The summed E-state index contributed by atoms with van der Waals surface area (Å²) in [5.41, 5.74) is -0.411. The first-order chi connectivity index (χ1) is 7.95. The third-order valence-corrected chi connectivity index (χ3v) is 4.76. The predicted molar refractivity (Wildman–Crippen MR) is 68.8 cm³/mol. The number of likely N-dealkylation sites (tertiary alicyclic amines) is 1. The maximum Gasteiger partial charge on any atom is 0.0758 e. The van der Waals surface area contributed by atoms with Gasteiger partial charge in [-0.05, 0) is 32.1 Å². The summed E-state index contributed by atoms with van der Waals surface area (Å²) >= 11 is 0. The first kappa shape index (κ1) is 13.3. The van der Waals surface area contributed by atoms with Crippen LogP contribution < -0.4 is 0 Å². The largest absolute Gasteiger partial charge is 0.396 e. The average Bonchev–Trinajstić information content (AvgIpc) is 2.62. The van der Waals surface area contributed by atoms with Crippen LogP contribution in [0.1, 0.15) is 46.0 Å². The number of hydrogen-bond donors (Lipinski definition) is 2. The molecule has 1 atom stereocenters. The lowest BCUT2D eigenvalue weighted by molar-refractivity contribution is 0.0211. The first-order valence-electron chi connectivity index (χ1n) is 7.00. The summed E-state index contributed by atoms with van der Waals surface area (Å²) in [6.07, 6.45) is 5.63. The zero-order chi connectivity index (χ0) is 12.5. The second-order valence-corrected chi connectivity index (χ2v) is 6.80. The van der Waals surface area contributed by atoms with Crippen molar-refractivity contribution in [2.75, 3.05) is 26.2 Å². The van der Waals surface area contributed by atoms with E-state index in [2.05, 4.69) is 11.8 Å². The van der Waals surface area contributed by atoms with Crippen molar-refractivity contribution in [2.45, 2.75) is 51.6 Å². The molecule has 1 saturated heterocycles. The van der Waals surface area contributed by atoms with Crippen LogP contribution in [0.2, 0.25) is 0 Å². The third kappa shape index (κ3) is 3.21. The maximum absolute atomic E-state index is 9.99. The molecule has 1 saturated carbocycles. The van der Waals surface area contributed by atoms with Crippen LogP contribution >= 0.6 is 0 Å². The zero-order valence-corrected chi connectivity index (χ0v) is 11.3. The van der Waals surface area contributed by atoms with Gasteiger partial charge >= 0.3 is 0 Å². The molecule has 0 spiro atoms. The van der Waals surface area contributed by atoms with Crippen molar-refractivity contribution in [3.8, 4) is 0 Å². The van der Waals surface area contributed by atoms with Crippen molar-refractivity contribution in [3.05, 3.63) is 0 Å². The molecule has 0 aromatic heterocycles. The summed E-state index contributed by atoms with van der Waals surface area (Å²) in [6.45, 7) is 7.24. The molecule has 2 fully saturated rings.